The topological polar surface area (TPSA) is 89.9 Å². The highest BCUT2D eigenvalue weighted by molar-refractivity contribution is 5.76. The molecule has 152 valence electrons. The monoisotopic (exact) mass is 394 g/mol. The van der Waals surface area contributed by atoms with Crippen LogP contribution >= 0.6 is 0 Å². The number of hydrogen-bond donors (Lipinski definition) is 0. The van der Waals surface area contributed by atoms with E-state index in [0.717, 1.165) is 54.3 Å². The Balaban J connectivity index is 1.37. The highest BCUT2D eigenvalue weighted by Crippen LogP contribution is 2.33. The number of aromatic nitrogens is 5. The van der Waals surface area contributed by atoms with E-state index in [0.29, 0.717) is 18.7 Å². The van der Waals surface area contributed by atoms with E-state index in [1.54, 1.807) is 12.5 Å². The van der Waals surface area contributed by atoms with Crippen molar-refractivity contribution in [3.63, 3.8) is 0 Å². The lowest BCUT2D eigenvalue weighted by Crippen LogP contribution is -2.38. The molecule has 1 amide bonds. The molecule has 0 saturated carbocycles. The van der Waals surface area contributed by atoms with Gasteiger partial charge in [-0.25, -0.2) is 9.97 Å². The molecule has 29 heavy (non-hydrogen) atoms. The Labute approximate surface area is 169 Å². The lowest BCUT2D eigenvalue weighted by molar-refractivity contribution is -0.132. The Bertz CT molecular complexity index is 1000. The number of carbonyl (C=O) groups is 1. The van der Waals surface area contributed by atoms with Crippen LogP contribution in [0.15, 0.2) is 29.2 Å². The molecule has 0 N–H and O–H groups in total. The SMILES string of the molecule is Cc1cc(-c2cncnc2C2CCN(C(=O)CCn3nc(C)cc3C)CC2)on1. The van der Waals surface area contributed by atoms with Crippen molar-refractivity contribution < 1.29 is 9.32 Å². The number of hydrogen-bond acceptors (Lipinski definition) is 6. The number of likely N-dealkylation sites (tertiary alicyclic amines) is 1. The molecule has 8 heteroatoms. The fourth-order valence-electron chi connectivity index (χ4n) is 4.01. The predicted octanol–water partition coefficient (Wildman–Crippen LogP) is 3.05. The number of nitrogens with zero attached hydrogens (tertiary/aromatic N) is 6. The summed E-state index contributed by atoms with van der Waals surface area (Å²) in [5.41, 5.74) is 4.78. The third-order valence-corrected chi connectivity index (χ3v) is 5.51. The zero-order valence-corrected chi connectivity index (χ0v) is 17.1. The largest absolute Gasteiger partial charge is 0.356 e. The maximum atomic E-state index is 12.7. The smallest absolute Gasteiger partial charge is 0.224 e. The first kappa shape index (κ1) is 19.3. The minimum absolute atomic E-state index is 0.185. The molecule has 4 rings (SSSR count). The highest BCUT2D eigenvalue weighted by atomic mass is 16.5. The Morgan fingerprint density at radius 1 is 1.17 bits per heavy atom. The number of carbonyl (C=O) groups excluding carboxylic acids is 1. The van der Waals surface area contributed by atoms with Crippen molar-refractivity contribution in [1.29, 1.82) is 0 Å². The van der Waals surface area contributed by atoms with Crippen LogP contribution in [0.3, 0.4) is 0 Å². The van der Waals surface area contributed by atoms with Gasteiger partial charge in [-0.3, -0.25) is 9.48 Å². The molecular weight excluding hydrogens is 368 g/mol. The minimum atomic E-state index is 0.185. The molecule has 4 heterocycles. The average Bonchev–Trinajstić information content (AvgIpc) is 3.30. The number of rotatable bonds is 5. The van der Waals surface area contributed by atoms with Gasteiger partial charge >= 0.3 is 0 Å². The van der Waals surface area contributed by atoms with Crippen molar-refractivity contribution >= 4 is 5.91 Å². The summed E-state index contributed by atoms with van der Waals surface area (Å²) >= 11 is 0. The maximum absolute atomic E-state index is 12.7. The zero-order chi connectivity index (χ0) is 20.4. The van der Waals surface area contributed by atoms with Gasteiger partial charge < -0.3 is 9.42 Å². The normalized spacial score (nSPS) is 15.1. The molecule has 1 saturated heterocycles. The summed E-state index contributed by atoms with van der Waals surface area (Å²) in [4.78, 5) is 23.3. The van der Waals surface area contributed by atoms with Crippen LogP contribution in [-0.2, 0) is 11.3 Å². The first-order valence-corrected chi connectivity index (χ1v) is 10.0. The molecule has 3 aromatic rings. The Morgan fingerprint density at radius 2 is 1.97 bits per heavy atom. The summed E-state index contributed by atoms with van der Waals surface area (Å²) in [5.74, 6) is 1.16. The van der Waals surface area contributed by atoms with Gasteiger partial charge in [-0.1, -0.05) is 5.16 Å². The molecule has 1 fully saturated rings. The van der Waals surface area contributed by atoms with Crippen LogP contribution in [0.5, 0.6) is 0 Å². The number of aryl methyl sites for hydroxylation is 4. The molecule has 0 aromatic carbocycles. The van der Waals surface area contributed by atoms with E-state index in [4.69, 9.17) is 4.52 Å². The second-order valence-electron chi connectivity index (χ2n) is 7.71. The van der Waals surface area contributed by atoms with Gasteiger partial charge in [-0.05, 0) is 39.7 Å². The summed E-state index contributed by atoms with van der Waals surface area (Å²) in [6, 6.07) is 3.94. The van der Waals surface area contributed by atoms with Crippen LogP contribution in [0.1, 0.15) is 48.0 Å². The molecule has 0 unspecified atom stereocenters. The van der Waals surface area contributed by atoms with E-state index in [2.05, 4.69) is 20.2 Å². The fourth-order valence-corrected chi connectivity index (χ4v) is 4.01. The van der Waals surface area contributed by atoms with E-state index in [1.165, 1.54) is 0 Å². The first-order valence-electron chi connectivity index (χ1n) is 10.0. The maximum Gasteiger partial charge on any atom is 0.224 e. The van der Waals surface area contributed by atoms with Gasteiger partial charge in [0.15, 0.2) is 5.76 Å². The van der Waals surface area contributed by atoms with Crippen LogP contribution < -0.4 is 0 Å². The Morgan fingerprint density at radius 3 is 2.62 bits per heavy atom. The second-order valence-corrected chi connectivity index (χ2v) is 7.71. The van der Waals surface area contributed by atoms with E-state index in [9.17, 15) is 4.79 Å². The van der Waals surface area contributed by atoms with Gasteiger partial charge in [0.25, 0.3) is 0 Å². The van der Waals surface area contributed by atoms with E-state index in [1.807, 2.05) is 42.5 Å². The molecule has 3 aromatic heterocycles. The fraction of sp³-hybridized carbons (Fsp3) is 0.476. The van der Waals surface area contributed by atoms with E-state index in [-0.39, 0.29) is 11.8 Å². The molecule has 0 spiro atoms. The molecule has 0 atom stereocenters. The van der Waals surface area contributed by atoms with Gasteiger partial charge in [-0.15, -0.1) is 0 Å². The van der Waals surface area contributed by atoms with Crippen molar-refractivity contribution in [2.45, 2.75) is 52.5 Å². The quantitative estimate of drug-likeness (QED) is 0.661. The lowest BCUT2D eigenvalue weighted by atomic mass is 9.90. The van der Waals surface area contributed by atoms with Gasteiger partial charge in [0.1, 0.15) is 6.33 Å². The predicted molar refractivity (Wildman–Crippen MR) is 107 cm³/mol. The van der Waals surface area contributed by atoms with Gasteiger partial charge in [0, 0.05) is 49.9 Å². The average molecular weight is 394 g/mol. The molecule has 1 aliphatic rings. The molecule has 1 aliphatic heterocycles. The summed E-state index contributed by atoms with van der Waals surface area (Å²) < 4.78 is 7.33. The standard InChI is InChI=1S/C21H26N6O2/c1-14-10-16(3)27(24-14)9-6-20(28)26-7-4-17(5-8-26)21-18(12-22-13-23-21)19-11-15(2)25-29-19/h10-13,17H,4-9H2,1-3H3. The van der Waals surface area contributed by atoms with Crippen LogP contribution in [0.4, 0.5) is 0 Å². The van der Waals surface area contributed by atoms with Crippen LogP contribution in [0, 0.1) is 20.8 Å². The molecular formula is C21H26N6O2. The Kier molecular flexibility index (Phi) is 5.42. The lowest BCUT2D eigenvalue weighted by Gasteiger charge is -2.32. The van der Waals surface area contributed by atoms with Gasteiger partial charge in [0.05, 0.1) is 22.6 Å². The van der Waals surface area contributed by atoms with Crippen LogP contribution in [0.25, 0.3) is 11.3 Å². The van der Waals surface area contributed by atoms with E-state index >= 15 is 0 Å². The Hall–Kier alpha value is -3.03. The summed E-state index contributed by atoms with van der Waals surface area (Å²) in [6.07, 6.45) is 5.59. The first-order chi connectivity index (χ1) is 14.0. The van der Waals surface area contributed by atoms with Crippen LogP contribution in [-0.4, -0.2) is 48.8 Å². The van der Waals surface area contributed by atoms with Crippen molar-refractivity contribution in [1.82, 2.24) is 29.8 Å². The molecule has 0 aliphatic carbocycles. The molecule has 0 radical (unpaired) electrons. The third-order valence-electron chi connectivity index (χ3n) is 5.51. The van der Waals surface area contributed by atoms with Crippen molar-refractivity contribution in [3.8, 4) is 11.3 Å². The van der Waals surface area contributed by atoms with Gasteiger partial charge in [0.2, 0.25) is 5.91 Å². The van der Waals surface area contributed by atoms with Gasteiger partial charge in [-0.2, -0.15) is 5.10 Å². The van der Waals surface area contributed by atoms with Crippen LogP contribution in [0.2, 0.25) is 0 Å². The summed E-state index contributed by atoms with van der Waals surface area (Å²) in [5, 5.41) is 8.41. The summed E-state index contributed by atoms with van der Waals surface area (Å²) in [6.45, 7) is 7.98. The highest BCUT2D eigenvalue weighted by Gasteiger charge is 2.27. The van der Waals surface area contributed by atoms with Crippen molar-refractivity contribution in [2.75, 3.05) is 13.1 Å². The molecule has 8 nitrogen and oxygen atoms in total. The zero-order valence-electron chi connectivity index (χ0n) is 17.1. The second kappa shape index (κ2) is 8.14. The third kappa shape index (κ3) is 4.21. The molecule has 0 bridgehead atoms. The number of amides is 1. The minimum Gasteiger partial charge on any atom is -0.356 e. The summed E-state index contributed by atoms with van der Waals surface area (Å²) in [7, 11) is 0. The van der Waals surface area contributed by atoms with Crippen molar-refractivity contribution in [2.24, 2.45) is 0 Å². The number of piperidine rings is 1. The van der Waals surface area contributed by atoms with Crippen molar-refractivity contribution in [3.05, 3.63) is 47.4 Å². The van der Waals surface area contributed by atoms with E-state index < -0.39 is 0 Å².